The van der Waals surface area contributed by atoms with Crippen LogP contribution in [0, 0.1) is 47.3 Å². The standard InChI is InChI=1S/C37H38N2O9.C16H22O8.C13H11NO.C8H7NO2.H2/c1-6-28(46-3)31-25(34(42)39(36(31)44)27-19-13-11-17-24(27)37(45)48-5)20-29(47-4)30-21(2)33(41)38(35(30)43)26-18-12-10-16-23(26)32(40)22-14-8-7-9-15-22;1-5-9(21-3)12-8(14(18)24-16(12)20)6-10(22-4)11-7(2)13(17)23-15(11)19;14-12-9-5-4-8-11(12)13(15)10-6-2-1-3-7-10;1-11-8(10)6-4-2-3-5-7(6)9;/h7-19,21,25,28-31H,6,20H2,1-5H3;7-12H,5-6H2,1-4H3;1-9H,14H2;2-5H,1H2,(H-,9,10);1H/p+1/i;;;;1+1. The van der Waals surface area contributed by atoms with E-state index in [4.69, 9.17) is 39.9 Å². The van der Waals surface area contributed by atoms with E-state index in [0.29, 0.717) is 46.5 Å². The molecule has 4 aliphatic heterocycles. The average Bonchev–Trinajstić information content (AvgIpc) is 1.60. The molecule has 12 atom stereocenters. The van der Waals surface area contributed by atoms with Crippen LogP contribution in [0.3, 0.4) is 0 Å². The molecule has 0 aromatic heterocycles. The number of amides is 4. The summed E-state index contributed by atoms with van der Waals surface area (Å²) in [7, 11) is 6.90. The maximum absolute atomic E-state index is 14.2. The highest BCUT2D eigenvalue weighted by molar-refractivity contribution is 6.26. The first-order chi connectivity index (χ1) is 47.0. The number of ether oxygens (including phenoxy) is 7. The smallest absolute Gasteiger partial charge is 0.465 e. The molecule has 6 aromatic rings. The van der Waals surface area contributed by atoms with Gasteiger partial charge in [0.1, 0.15) is 0 Å². The fraction of sp³-hybridized carbons (Fsp3) is 0.338. The maximum Gasteiger partial charge on any atom is 0.614 e. The lowest BCUT2D eigenvalue weighted by molar-refractivity contribution is -0.334. The Hall–Kier alpha value is -10.5. The third kappa shape index (κ3) is 16.3. The molecule has 6 aromatic carbocycles. The molecule has 516 valence electrons. The highest BCUT2D eigenvalue weighted by atomic mass is 16.6. The molecule has 0 radical (unpaired) electrons. The molecule has 0 saturated carbocycles. The van der Waals surface area contributed by atoms with Gasteiger partial charge in [0.15, 0.2) is 23.9 Å². The lowest BCUT2D eigenvalue weighted by atomic mass is 9.80. The van der Waals surface area contributed by atoms with Crippen LogP contribution in [0.2, 0.25) is 0 Å². The second-order valence-electron chi connectivity index (χ2n) is 23.3. The van der Waals surface area contributed by atoms with E-state index in [1.54, 1.807) is 129 Å². The molecule has 4 heterocycles. The summed E-state index contributed by atoms with van der Waals surface area (Å²) in [5.74, 6) is -13.3. The van der Waals surface area contributed by atoms with E-state index >= 15 is 0 Å². The van der Waals surface area contributed by atoms with Crippen LogP contribution in [0.5, 0.6) is 0 Å². The predicted molar refractivity (Wildman–Crippen MR) is 359 cm³/mol. The van der Waals surface area contributed by atoms with Gasteiger partial charge in [-0.1, -0.05) is 137 Å². The van der Waals surface area contributed by atoms with Crippen LogP contribution in [0.1, 0.15) is 107 Å². The summed E-state index contributed by atoms with van der Waals surface area (Å²) in [6, 6.07) is 44.1. The van der Waals surface area contributed by atoms with E-state index in [1.165, 1.54) is 47.7 Å². The quantitative estimate of drug-likeness (QED) is 0.0122. The number of carbonyl (C=O) groups excluding carboxylic acids is 13. The number of nitrogens with two attached hydrogens (primary N) is 2. The number of rotatable bonds is 22. The van der Waals surface area contributed by atoms with Gasteiger partial charge in [-0.2, -0.15) is 0 Å². The molecule has 4 amide bonds. The molecule has 98 heavy (non-hydrogen) atoms. The third-order valence-corrected chi connectivity index (χ3v) is 17.8. The monoisotopic (exact) mass is 1350 g/mol. The lowest BCUT2D eigenvalue weighted by Crippen LogP contribution is -2.39. The van der Waals surface area contributed by atoms with Gasteiger partial charge in [0.05, 0.1) is 106 Å². The largest absolute Gasteiger partial charge is 0.614 e. The second-order valence-corrected chi connectivity index (χ2v) is 23.3. The van der Waals surface area contributed by atoms with E-state index in [1.807, 2.05) is 44.2 Å². The number of ketones is 2. The van der Waals surface area contributed by atoms with Gasteiger partial charge in [0, 0.05) is 57.8 Å². The Kier molecular flexibility index (Phi) is 26.3. The fourth-order valence-electron chi connectivity index (χ4n) is 12.7. The van der Waals surface area contributed by atoms with Crippen molar-refractivity contribution in [1.82, 2.24) is 0 Å². The normalized spacial score (nSPS) is 21.4. The van der Waals surface area contributed by atoms with Crippen LogP contribution in [-0.4, -0.2) is 138 Å². The van der Waals surface area contributed by atoms with E-state index in [-0.39, 0.29) is 48.3 Å². The number of benzene rings is 6. The van der Waals surface area contributed by atoms with Crippen LogP contribution in [0.4, 0.5) is 22.7 Å². The average molecular weight is 1350 g/mol. The minimum absolute atomic E-state index is 0. The number of nitrogen functional groups attached to an aromatic ring is 2. The molecule has 4 aliphatic rings. The minimum Gasteiger partial charge on any atom is -0.465 e. The summed E-state index contributed by atoms with van der Waals surface area (Å²) in [5.41, 5.74) is 14.6. The maximum atomic E-state index is 14.2. The fourth-order valence-corrected chi connectivity index (χ4v) is 12.7. The van der Waals surface area contributed by atoms with Gasteiger partial charge in [-0.25, -0.2) is 14.6 Å². The van der Waals surface area contributed by atoms with E-state index in [0.717, 1.165) is 9.80 Å². The summed E-state index contributed by atoms with van der Waals surface area (Å²) < 4.78 is 40.7. The first-order valence-corrected chi connectivity index (χ1v) is 31.5. The molecule has 0 spiro atoms. The Morgan fingerprint density at radius 3 is 1.33 bits per heavy atom. The Morgan fingerprint density at radius 2 is 0.847 bits per heavy atom. The lowest BCUT2D eigenvalue weighted by Gasteiger charge is -2.28. The van der Waals surface area contributed by atoms with Crippen molar-refractivity contribution < 1.29 is 96.5 Å². The van der Waals surface area contributed by atoms with Crippen molar-refractivity contribution in [3.05, 3.63) is 191 Å². The molecule has 0 aliphatic carbocycles. The zero-order chi connectivity index (χ0) is 71.7. The molecule has 0 bridgehead atoms. The Labute approximate surface area is 567 Å². The molecular weight excluding hydrogens is 1260 g/mol. The molecule has 10 rings (SSSR count). The van der Waals surface area contributed by atoms with Crippen molar-refractivity contribution in [2.45, 2.75) is 77.8 Å². The second kappa shape index (κ2) is 34.4. The van der Waals surface area contributed by atoms with Gasteiger partial charge >= 0.3 is 35.8 Å². The zero-order valence-corrected chi connectivity index (χ0v) is 55.7. The summed E-state index contributed by atoms with van der Waals surface area (Å²) in [6.07, 6.45) is -1.92. The number of imide groups is 2. The van der Waals surface area contributed by atoms with Gasteiger partial charge in [-0.15, -0.1) is 0 Å². The van der Waals surface area contributed by atoms with E-state index in [2.05, 4.69) is 16.0 Å². The SMILES string of the molecule is C=[O+]C(=O)c1ccccc1N.CCC(OC)C1C(=O)N(c2ccccc2C(=O)OC)C(=O)C1CC(OC)C1C(=O)N(c2ccccc2C(=O)c2ccccc2)C(=O)C1C.CCC(OC)C1C(=O)OC(=O)C1CC(OC)C1C(=O)OC(=O)C1C.Nc1ccccc1C(=O)c1ccccc1.[2HH]. The number of esters is 5. The van der Waals surface area contributed by atoms with Crippen LogP contribution >= 0.6 is 0 Å². The Balaban J connectivity index is 0.000000248. The number of para-hydroxylation sites is 4. The highest BCUT2D eigenvalue weighted by Crippen LogP contribution is 2.44. The summed E-state index contributed by atoms with van der Waals surface area (Å²) in [6.45, 7) is 9.85. The number of methoxy groups -OCH3 is 5. The van der Waals surface area contributed by atoms with Crippen molar-refractivity contribution in [1.29, 1.82) is 0 Å². The first kappa shape index (κ1) is 74.9. The van der Waals surface area contributed by atoms with Crippen molar-refractivity contribution >= 4 is 101 Å². The highest BCUT2D eigenvalue weighted by Gasteiger charge is 2.57. The molecule has 24 nitrogen and oxygen atoms in total. The van der Waals surface area contributed by atoms with Crippen molar-refractivity contribution in [3.63, 3.8) is 0 Å². The van der Waals surface area contributed by atoms with Crippen LogP contribution in [-0.2, 0) is 75.9 Å². The van der Waals surface area contributed by atoms with Crippen LogP contribution < -0.4 is 21.3 Å². The van der Waals surface area contributed by atoms with Crippen molar-refractivity contribution in [2.24, 2.45) is 47.3 Å². The van der Waals surface area contributed by atoms with Crippen molar-refractivity contribution in [2.75, 3.05) is 56.8 Å². The van der Waals surface area contributed by atoms with Crippen LogP contribution in [0.25, 0.3) is 0 Å². The topological polar surface area (TPSA) is 339 Å². The van der Waals surface area contributed by atoms with Crippen molar-refractivity contribution in [3.8, 4) is 0 Å². The van der Waals surface area contributed by atoms with Gasteiger partial charge in [0.25, 0.3) is 0 Å². The molecule has 4 N–H and O–H groups in total. The Bertz CT molecular complexity index is 3950. The number of cyclic esters (lactones) is 4. The molecule has 24 heteroatoms. The summed E-state index contributed by atoms with van der Waals surface area (Å²) in [4.78, 5) is 155. The van der Waals surface area contributed by atoms with E-state index in [9.17, 15) is 57.5 Å². The molecule has 4 saturated heterocycles. The van der Waals surface area contributed by atoms with Gasteiger partial charge < -0.3 is 44.6 Å². The Morgan fingerprint density at radius 1 is 0.449 bits per heavy atom. The number of nitrogens with zero attached hydrogens (tertiary/aromatic N) is 2. The van der Waals surface area contributed by atoms with Gasteiger partial charge in [-0.05, 0) is 74.2 Å². The number of anilines is 4. The third-order valence-electron chi connectivity index (χ3n) is 17.8. The zero-order valence-electron chi connectivity index (χ0n) is 55.7. The summed E-state index contributed by atoms with van der Waals surface area (Å²) in [5, 5.41) is 0. The van der Waals surface area contributed by atoms with E-state index < -0.39 is 131 Å². The van der Waals surface area contributed by atoms with Gasteiger partial charge in [-0.3, -0.25) is 52.4 Å². The predicted octanol–water partition coefficient (Wildman–Crippen LogP) is 8.45. The number of carbonyl (C=O) groups is 12. The molecule has 4 fully saturated rings. The first-order valence-electron chi connectivity index (χ1n) is 31.5. The minimum atomic E-state index is -1.02. The van der Waals surface area contributed by atoms with Gasteiger partial charge in [0.2, 0.25) is 23.6 Å². The molecular formula is C74H81N4O20+. The molecule has 12 unspecified atom stereocenters. The number of hydrogen-bond donors (Lipinski definition) is 2. The number of hydrogen-bond acceptors (Lipinski definition) is 21. The van der Waals surface area contributed by atoms with Crippen LogP contribution in [0.15, 0.2) is 158 Å². The summed E-state index contributed by atoms with van der Waals surface area (Å²) >= 11 is 0.